The number of rotatable bonds is 15. The van der Waals surface area contributed by atoms with Gasteiger partial charge in [-0.2, -0.15) is 0 Å². The number of hydrogen-bond donors (Lipinski definition) is 1. The van der Waals surface area contributed by atoms with Crippen LogP contribution in [0.25, 0.3) is 0 Å². The minimum absolute atomic E-state index is 0.158. The van der Waals surface area contributed by atoms with Gasteiger partial charge in [-0.05, 0) is 55.0 Å². The number of nitrogens with zero attached hydrogens (tertiary/aromatic N) is 2. The third kappa shape index (κ3) is 9.58. The van der Waals surface area contributed by atoms with Crippen LogP contribution in [0.2, 0.25) is 0 Å². The van der Waals surface area contributed by atoms with Crippen molar-refractivity contribution in [2.75, 3.05) is 60.7 Å². The second kappa shape index (κ2) is 15.7. The molecular formula is C26H37N3O7S. The summed E-state index contributed by atoms with van der Waals surface area (Å²) in [7, 11) is 4.68. The fourth-order valence-electron chi connectivity index (χ4n) is 3.52. The van der Waals surface area contributed by atoms with E-state index in [2.05, 4.69) is 5.32 Å². The largest absolute Gasteiger partial charge is 0.493 e. The van der Waals surface area contributed by atoms with Crippen LogP contribution in [-0.2, 0) is 32.0 Å². The molecule has 1 aromatic carbocycles. The molecule has 3 amide bonds. The summed E-state index contributed by atoms with van der Waals surface area (Å²) in [6.07, 6.45) is 0.587. The summed E-state index contributed by atoms with van der Waals surface area (Å²) in [5.74, 6) is 0.501. The Bertz CT molecular complexity index is 1030. The van der Waals surface area contributed by atoms with Gasteiger partial charge in [0.15, 0.2) is 11.5 Å². The smallest absolute Gasteiger partial charge is 0.325 e. The Morgan fingerprint density at radius 2 is 1.76 bits per heavy atom. The maximum absolute atomic E-state index is 13.5. The van der Waals surface area contributed by atoms with Crippen LogP contribution in [0.15, 0.2) is 29.6 Å². The maximum atomic E-state index is 13.5. The molecular weight excluding hydrogens is 498 g/mol. The van der Waals surface area contributed by atoms with Crippen LogP contribution >= 0.6 is 11.3 Å². The number of hydrogen-bond acceptors (Lipinski definition) is 8. The molecule has 1 aromatic heterocycles. The Kier molecular flexibility index (Phi) is 12.7. The van der Waals surface area contributed by atoms with Crippen LogP contribution in [0.3, 0.4) is 0 Å². The molecule has 0 bridgehead atoms. The van der Waals surface area contributed by atoms with Gasteiger partial charge >= 0.3 is 12.0 Å². The van der Waals surface area contributed by atoms with Crippen LogP contribution in [0.1, 0.15) is 22.9 Å². The molecule has 0 aliphatic rings. The highest BCUT2D eigenvalue weighted by Crippen LogP contribution is 2.28. The zero-order chi connectivity index (χ0) is 27.2. The Morgan fingerprint density at radius 1 is 1.00 bits per heavy atom. The van der Waals surface area contributed by atoms with Gasteiger partial charge in [0.05, 0.1) is 34.0 Å². The number of ether oxygens (including phenoxy) is 4. The molecule has 10 nitrogen and oxygen atoms in total. The standard InChI is InChI=1S/C26H37N3O7S/c1-6-36-25(31)16-27-26(32)29(12-13-33-3)18-24(30)28(17-23-19(2)10-14-37-23)11-9-20-7-8-21(34-4)22(15-20)35-5/h7-8,10,14-15H,6,9,11-13,16-18H2,1-5H3,(H,27,32). The number of esters is 1. The molecule has 0 unspecified atom stereocenters. The monoisotopic (exact) mass is 535 g/mol. The van der Waals surface area contributed by atoms with E-state index >= 15 is 0 Å². The number of aryl methyl sites for hydroxylation is 1. The van der Waals surface area contributed by atoms with Gasteiger partial charge in [-0.25, -0.2) is 4.79 Å². The third-order valence-corrected chi connectivity index (χ3v) is 6.65. The second-order valence-electron chi connectivity index (χ2n) is 8.16. The lowest BCUT2D eigenvalue weighted by atomic mass is 10.1. The lowest BCUT2D eigenvalue weighted by molar-refractivity contribution is -0.141. The Hall–Kier alpha value is -3.31. The SMILES string of the molecule is CCOC(=O)CNC(=O)N(CCOC)CC(=O)N(CCc1ccc(OC)c(OC)c1)Cc1sccc1C. The molecule has 2 rings (SSSR count). The van der Waals surface area contributed by atoms with Crippen molar-refractivity contribution in [2.24, 2.45) is 0 Å². The van der Waals surface area contributed by atoms with Gasteiger partial charge < -0.3 is 34.1 Å². The summed E-state index contributed by atoms with van der Waals surface area (Å²) >= 11 is 1.59. The number of carbonyl (C=O) groups excluding carboxylic acids is 3. The normalized spacial score (nSPS) is 10.5. The maximum Gasteiger partial charge on any atom is 0.325 e. The zero-order valence-electron chi connectivity index (χ0n) is 22.2. The fraction of sp³-hybridized carbons (Fsp3) is 0.500. The van der Waals surface area contributed by atoms with Gasteiger partial charge in [0, 0.05) is 25.1 Å². The van der Waals surface area contributed by atoms with Crippen molar-refractivity contribution in [3.63, 3.8) is 0 Å². The number of nitrogens with one attached hydrogen (secondary N) is 1. The molecule has 0 fully saturated rings. The summed E-state index contributed by atoms with van der Waals surface area (Å²) in [5.41, 5.74) is 2.10. The number of methoxy groups -OCH3 is 3. The van der Waals surface area contributed by atoms with Crippen LogP contribution in [0.5, 0.6) is 11.5 Å². The minimum Gasteiger partial charge on any atom is -0.493 e. The van der Waals surface area contributed by atoms with Gasteiger partial charge in [-0.3, -0.25) is 9.59 Å². The predicted octanol–water partition coefficient (Wildman–Crippen LogP) is 2.87. The second-order valence-corrected chi connectivity index (χ2v) is 9.16. The van der Waals surface area contributed by atoms with Gasteiger partial charge in [0.2, 0.25) is 5.91 Å². The van der Waals surface area contributed by atoms with Gasteiger partial charge in [0.25, 0.3) is 0 Å². The first-order chi connectivity index (χ1) is 17.8. The van der Waals surface area contributed by atoms with Gasteiger partial charge in [0.1, 0.15) is 13.1 Å². The van der Waals surface area contributed by atoms with Crippen molar-refractivity contribution in [3.8, 4) is 11.5 Å². The molecule has 0 aliphatic heterocycles. The van der Waals surface area contributed by atoms with E-state index in [-0.39, 0.29) is 38.8 Å². The molecule has 0 radical (unpaired) electrons. The molecule has 0 saturated heterocycles. The molecule has 204 valence electrons. The van der Waals surface area contributed by atoms with Crippen LogP contribution in [0, 0.1) is 6.92 Å². The van der Waals surface area contributed by atoms with Crippen molar-refractivity contribution >= 4 is 29.2 Å². The average molecular weight is 536 g/mol. The summed E-state index contributed by atoms with van der Waals surface area (Å²) in [6, 6.07) is 7.15. The number of amides is 3. The quantitative estimate of drug-likeness (QED) is 0.350. The van der Waals surface area contributed by atoms with E-state index in [1.807, 2.05) is 36.6 Å². The summed E-state index contributed by atoms with van der Waals surface area (Å²) in [5, 5.41) is 4.51. The van der Waals surface area contributed by atoms with E-state index in [4.69, 9.17) is 18.9 Å². The van der Waals surface area contributed by atoms with E-state index in [0.717, 1.165) is 16.0 Å². The Morgan fingerprint density at radius 3 is 2.38 bits per heavy atom. The summed E-state index contributed by atoms with van der Waals surface area (Å²) in [6.45, 7) is 4.79. The Labute approximate surface area is 222 Å². The van der Waals surface area contributed by atoms with Crippen molar-refractivity contribution in [2.45, 2.75) is 26.8 Å². The lowest BCUT2D eigenvalue weighted by Gasteiger charge is -2.28. The number of thiophene rings is 1. The van der Waals surface area contributed by atoms with E-state index < -0.39 is 12.0 Å². The van der Waals surface area contributed by atoms with Gasteiger partial charge in [-0.15, -0.1) is 11.3 Å². The van der Waals surface area contributed by atoms with Gasteiger partial charge in [-0.1, -0.05) is 6.07 Å². The molecule has 2 aromatic rings. The third-order valence-electron chi connectivity index (χ3n) is 5.64. The first kappa shape index (κ1) is 29.9. The minimum atomic E-state index is -0.543. The molecule has 37 heavy (non-hydrogen) atoms. The first-order valence-corrected chi connectivity index (χ1v) is 12.9. The number of benzene rings is 1. The van der Waals surface area contributed by atoms with E-state index in [0.29, 0.717) is 31.0 Å². The Balaban J connectivity index is 2.16. The number of urea groups is 1. The van der Waals surface area contributed by atoms with Crippen molar-refractivity contribution in [3.05, 3.63) is 45.6 Å². The van der Waals surface area contributed by atoms with Crippen LogP contribution in [-0.4, -0.2) is 88.4 Å². The highest BCUT2D eigenvalue weighted by atomic mass is 32.1. The lowest BCUT2D eigenvalue weighted by Crippen LogP contribution is -2.49. The molecule has 0 atom stereocenters. The fourth-order valence-corrected chi connectivity index (χ4v) is 4.44. The van der Waals surface area contributed by atoms with E-state index in [1.54, 1.807) is 37.4 Å². The summed E-state index contributed by atoms with van der Waals surface area (Å²) < 4.78 is 20.7. The average Bonchev–Trinajstić information content (AvgIpc) is 3.31. The molecule has 0 saturated carbocycles. The molecule has 0 aliphatic carbocycles. The molecule has 0 spiro atoms. The topological polar surface area (TPSA) is 107 Å². The first-order valence-electron chi connectivity index (χ1n) is 12.0. The van der Waals surface area contributed by atoms with Crippen molar-refractivity contribution in [1.82, 2.24) is 15.1 Å². The number of carbonyl (C=O) groups is 3. The summed E-state index contributed by atoms with van der Waals surface area (Å²) in [4.78, 5) is 42.1. The highest BCUT2D eigenvalue weighted by Gasteiger charge is 2.23. The molecule has 11 heteroatoms. The molecule has 1 heterocycles. The van der Waals surface area contributed by atoms with Crippen molar-refractivity contribution < 1.29 is 33.3 Å². The zero-order valence-corrected chi connectivity index (χ0v) is 23.0. The molecule has 1 N–H and O–H groups in total. The van der Waals surface area contributed by atoms with Crippen LogP contribution < -0.4 is 14.8 Å². The van der Waals surface area contributed by atoms with E-state index in [1.165, 1.54) is 12.0 Å². The van der Waals surface area contributed by atoms with Crippen molar-refractivity contribution in [1.29, 1.82) is 0 Å². The van der Waals surface area contributed by atoms with Crippen LogP contribution in [0.4, 0.5) is 4.79 Å². The van der Waals surface area contributed by atoms with E-state index in [9.17, 15) is 14.4 Å². The predicted molar refractivity (Wildman–Crippen MR) is 141 cm³/mol. The highest BCUT2D eigenvalue weighted by molar-refractivity contribution is 7.10.